The molecular formula is C24H19F2NO2. The first-order valence-electron chi connectivity index (χ1n) is 9.11. The summed E-state index contributed by atoms with van der Waals surface area (Å²) in [4.78, 5) is 0. The number of hydrogen-bond acceptors (Lipinski definition) is 3. The molecule has 0 spiro atoms. The monoisotopic (exact) mass is 391 g/mol. The van der Waals surface area contributed by atoms with Gasteiger partial charge in [-0.05, 0) is 54.5 Å². The highest BCUT2D eigenvalue weighted by molar-refractivity contribution is 5.90. The van der Waals surface area contributed by atoms with Crippen molar-refractivity contribution in [2.24, 2.45) is 0 Å². The van der Waals surface area contributed by atoms with Crippen molar-refractivity contribution >= 4 is 11.6 Å². The maximum absolute atomic E-state index is 14.0. The number of nitrogens with zero attached hydrogens (tertiary/aromatic N) is 1. The molecule has 0 heterocycles. The Hall–Kier alpha value is -3.65. The van der Waals surface area contributed by atoms with Crippen molar-refractivity contribution in [2.75, 3.05) is 6.61 Å². The minimum atomic E-state index is -0.454. The molecule has 0 aromatic heterocycles. The number of halogens is 2. The Bertz CT molecular complexity index is 1050. The van der Waals surface area contributed by atoms with Crippen LogP contribution in [0.15, 0.2) is 66.7 Å². The lowest BCUT2D eigenvalue weighted by atomic mass is 10.0. The number of hydrogen-bond donors (Lipinski definition) is 0. The largest absolute Gasteiger partial charge is 0.490 e. The topological polar surface area (TPSA) is 42.2 Å². The first-order valence-corrected chi connectivity index (χ1v) is 9.11. The van der Waals surface area contributed by atoms with Crippen molar-refractivity contribution in [3.8, 4) is 17.6 Å². The van der Waals surface area contributed by atoms with Gasteiger partial charge in [0.25, 0.3) is 0 Å². The molecule has 3 rings (SSSR count). The van der Waals surface area contributed by atoms with Crippen LogP contribution in [0.3, 0.4) is 0 Å². The summed E-state index contributed by atoms with van der Waals surface area (Å²) in [6, 6.07) is 19.5. The fraction of sp³-hybridized carbons (Fsp3) is 0.125. The Kier molecular flexibility index (Phi) is 6.59. The van der Waals surface area contributed by atoms with E-state index in [2.05, 4.69) is 0 Å². The summed E-state index contributed by atoms with van der Waals surface area (Å²) < 4.78 is 38.5. The van der Waals surface area contributed by atoms with Crippen molar-refractivity contribution in [3.63, 3.8) is 0 Å². The van der Waals surface area contributed by atoms with Gasteiger partial charge in [0, 0.05) is 5.56 Å². The summed E-state index contributed by atoms with van der Waals surface area (Å²) in [6.45, 7) is 2.54. The molecule has 0 aliphatic rings. The van der Waals surface area contributed by atoms with Gasteiger partial charge < -0.3 is 9.47 Å². The zero-order valence-electron chi connectivity index (χ0n) is 15.9. The van der Waals surface area contributed by atoms with Gasteiger partial charge in [0.15, 0.2) is 11.5 Å². The zero-order valence-corrected chi connectivity index (χ0v) is 15.9. The predicted octanol–water partition coefficient (Wildman–Crippen LogP) is 6.01. The molecular weight excluding hydrogens is 372 g/mol. The Balaban J connectivity index is 1.86. The maximum atomic E-state index is 14.0. The third kappa shape index (κ3) is 5.20. The molecule has 3 aromatic rings. The first kappa shape index (κ1) is 20.1. The third-order valence-corrected chi connectivity index (χ3v) is 4.17. The van der Waals surface area contributed by atoms with Crippen LogP contribution < -0.4 is 9.47 Å². The smallest absolute Gasteiger partial charge is 0.161 e. The van der Waals surface area contributed by atoms with Gasteiger partial charge in [0.05, 0.1) is 18.2 Å². The van der Waals surface area contributed by atoms with Crippen LogP contribution in [0.4, 0.5) is 8.78 Å². The van der Waals surface area contributed by atoms with Crippen LogP contribution in [-0.2, 0) is 6.61 Å². The average molecular weight is 391 g/mol. The molecule has 0 radical (unpaired) electrons. The predicted molar refractivity (Wildman–Crippen MR) is 108 cm³/mol. The highest BCUT2D eigenvalue weighted by Gasteiger charge is 2.10. The summed E-state index contributed by atoms with van der Waals surface area (Å²) >= 11 is 0. The van der Waals surface area contributed by atoms with Gasteiger partial charge in [0.1, 0.15) is 18.2 Å². The summed E-state index contributed by atoms with van der Waals surface area (Å²) in [5.41, 5.74) is 1.96. The van der Waals surface area contributed by atoms with E-state index in [-0.39, 0.29) is 23.6 Å². The SMILES string of the molecule is CCOc1cc(/C=C(/C#N)c2ccccc2F)ccc1OCc1ccc(F)cc1. The van der Waals surface area contributed by atoms with Crippen LogP contribution in [-0.4, -0.2) is 6.61 Å². The van der Waals surface area contributed by atoms with E-state index >= 15 is 0 Å². The highest BCUT2D eigenvalue weighted by Crippen LogP contribution is 2.31. The van der Waals surface area contributed by atoms with Crippen molar-refractivity contribution in [1.82, 2.24) is 0 Å². The molecule has 0 unspecified atom stereocenters. The lowest BCUT2D eigenvalue weighted by molar-refractivity contribution is 0.269. The fourth-order valence-corrected chi connectivity index (χ4v) is 2.76. The molecule has 0 aliphatic heterocycles. The molecule has 3 nitrogen and oxygen atoms in total. The van der Waals surface area contributed by atoms with E-state index in [0.717, 1.165) is 5.56 Å². The second-order valence-electron chi connectivity index (χ2n) is 6.20. The minimum Gasteiger partial charge on any atom is -0.490 e. The van der Waals surface area contributed by atoms with Gasteiger partial charge in [-0.2, -0.15) is 5.26 Å². The van der Waals surface area contributed by atoms with Crippen LogP contribution in [0.25, 0.3) is 11.6 Å². The Morgan fingerprint density at radius 1 is 0.966 bits per heavy atom. The molecule has 0 fully saturated rings. The Morgan fingerprint density at radius 3 is 2.41 bits per heavy atom. The van der Waals surface area contributed by atoms with Crippen LogP contribution in [0.2, 0.25) is 0 Å². The summed E-state index contributed by atoms with van der Waals surface area (Å²) in [6.07, 6.45) is 1.60. The molecule has 5 heteroatoms. The summed E-state index contributed by atoms with van der Waals surface area (Å²) in [5.74, 6) is 0.277. The number of benzene rings is 3. The van der Waals surface area contributed by atoms with Gasteiger partial charge in [-0.15, -0.1) is 0 Å². The maximum Gasteiger partial charge on any atom is 0.161 e. The quantitative estimate of drug-likeness (QED) is 0.366. The van der Waals surface area contributed by atoms with Gasteiger partial charge in [0.2, 0.25) is 0 Å². The summed E-state index contributed by atoms with van der Waals surface area (Å²) in [7, 11) is 0. The number of rotatable bonds is 7. The van der Waals surface area contributed by atoms with Gasteiger partial charge >= 0.3 is 0 Å². The first-order chi connectivity index (χ1) is 14.1. The molecule has 29 heavy (non-hydrogen) atoms. The molecule has 0 amide bonds. The van der Waals surface area contributed by atoms with Gasteiger partial charge in [-0.1, -0.05) is 36.4 Å². The number of ether oxygens (including phenoxy) is 2. The van der Waals surface area contributed by atoms with Gasteiger partial charge in [-0.3, -0.25) is 0 Å². The minimum absolute atomic E-state index is 0.213. The van der Waals surface area contributed by atoms with Crippen molar-refractivity contribution < 1.29 is 18.3 Å². The summed E-state index contributed by atoms with van der Waals surface area (Å²) in [5, 5.41) is 9.45. The molecule has 0 aliphatic carbocycles. The van der Waals surface area contributed by atoms with Crippen LogP contribution in [0, 0.1) is 23.0 Å². The second-order valence-corrected chi connectivity index (χ2v) is 6.20. The zero-order chi connectivity index (χ0) is 20.6. The van der Waals surface area contributed by atoms with Crippen molar-refractivity contribution in [2.45, 2.75) is 13.5 Å². The lowest BCUT2D eigenvalue weighted by Gasteiger charge is -2.13. The lowest BCUT2D eigenvalue weighted by Crippen LogP contribution is -2.00. The molecule has 3 aromatic carbocycles. The van der Waals surface area contributed by atoms with E-state index in [9.17, 15) is 14.0 Å². The van der Waals surface area contributed by atoms with E-state index < -0.39 is 5.82 Å². The second kappa shape index (κ2) is 9.52. The Morgan fingerprint density at radius 2 is 1.72 bits per heavy atom. The number of nitriles is 1. The van der Waals surface area contributed by atoms with Crippen LogP contribution in [0.5, 0.6) is 11.5 Å². The molecule has 0 saturated carbocycles. The van der Waals surface area contributed by atoms with Crippen molar-refractivity contribution in [1.29, 1.82) is 5.26 Å². The highest BCUT2D eigenvalue weighted by atomic mass is 19.1. The molecule has 0 bridgehead atoms. The molecule has 0 atom stereocenters. The van der Waals surface area contributed by atoms with E-state index in [0.29, 0.717) is 23.7 Å². The van der Waals surface area contributed by atoms with E-state index in [4.69, 9.17) is 9.47 Å². The van der Waals surface area contributed by atoms with Crippen molar-refractivity contribution in [3.05, 3.63) is 95.1 Å². The third-order valence-electron chi connectivity index (χ3n) is 4.17. The molecule has 0 N–H and O–H groups in total. The number of allylic oxidation sites excluding steroid dienone is 1. The fourth-order valence-electron chi connectivity index (χ4n) is 2.76. The van der Waals surface area contributed by atoms with Crippen LogP contribution in [0.1, 0.15) is 23.6 Å². The van der Waals surface area contributed by atoms with E-state index in [1.807, 2.05) is 13.0 Å². The van der Waals surface area contributed by atoms with Gasteiger partial charge in [-0.25, -0.2) is 8.78 Å². The molecule has 146 valence electrons. The van der Waals surface area contributed by atoms with E-state index in [1.165, 1.54) is 18.2 Å². The molecule has 0 saturated heterocycles. The average Bonchev–Trinajstić information content (AvgIpc) is 2.73. The standard InChI is InChI=1S/C24H19F2NO2/c1-2-28-24-14-18(13-19(15-27)21-5-3-4-6-22(21)26)9-12-23(24)29-16-17-7-10-20(25)11-8-17/h3-14H,2,16H2,1H3/b19-13-. The van der Waals surface area contributed by atoms with E-state index in [1.54, 1.807) is 54.6 Å². The van der Waals surface area contributed by atoms with Crippen LogP contribution >= 0.6 is 0 Å². The normalized spacial score (nSPS) is 11.0. The Labute approximate surface area is 168 Å².